The molecular weight excluding hydrogens is 294 g/mol. The van der Waals surface area contributed by atoms with Crippen LogP contribution < -0.4 is 4.90 Å². The number of rotatable bonds is 2. The Morgan fingerprint density at radius 3 is 3.05 bits per heavy atom. The van der Waals surface area contributed by atoms with E-state index in [-0.39, 0.29) is 0 Å². The van der Waals surface area contributed by atoms with Gasteiger partial charge in [0.15, 0.2) is 0 Å². The molecule has 6 heteroatoms. The normalized spacial score (nSPS) is 22.4. The van der Waals surface area contributed by atoms with Crippen molar-refractivity contribution in [1.29, 1.82) is 0 Å². The SMILES string of the molecule is Cc1csc2c(N3CCC(C)C(n4ccnc4)C3)ncnc12. The molecule has 4 rings (SSSR count). The van der Waals surface area contributed by atoms with Crippen molar-refractivity contribution in [3.63, 3.8) is 0 Å². The van der Waals surface area contributed by atoms with E-state index in [1.807, 2.05) is 12.5 Å². The highest BCUT2D eigenvalue weighted by atomic mass is 32.1. The van der Waals surface area contributed by atoms with Gasteiger partial charge in [-0.05, 0) is 30.2 Å². The molecule has 1 aliphatic rings. The number of anilines is 1. The van der Waals surface area contributed by atoms with E-state index in [9.17, 15) is 0 Å². The summed E-state index contributed by atoms with van der Waals surface area (Å²) >= 11 is 1.75. The van der Waals surface area contributed by atoms with Crippen LogP contribution in [0.2, 0.25) is 0 Å². The van der Waals surface area contributed by atoms with Crippen molar-refractivity contribution in [2.75, 3.05) is 18.0 Å². The first-order chi connectivity index (χ1) is 10.7. The maximum Gasteiger partial charge on any atom is 0.150 e. The van der Waals surface area contributed by atoms with Crippen LogP contribution in [0.1, 0.15) is 24.9 Å². The van der Waals surface area contributed by atoms with Crippen LogP contribution >= 0.6 is 11.3 Å². The fourth-order valence-electron chi connectivity index (χ4n) is 3.28. The molecule has 114 valence electrons. The van der Waals surface area contributed by atoms with Gasteiger partial charge in [0.1, 0.15) is 12.1 Å². The lowest BCUT2D eigenvalue weighted by atomic mass is 9.93. The van der Waals surface area contributed by atoms with Gasteiger partial charge in [-0.15, -0.1) is 11.3 Å². The van der Waals surface area contributed by atoms with Crippen LogP contribution in [0.25, 0.3) is 10.2 Å². The van der Waals surface area contributed by atoms with Crippen molar-refractivity contribution < 1.29 is 0 Å². The van der Waals surface area contributed by atoms with E-state index in [1.54, 1.807) is 17.7 Å². The first kappa shape index (κ1) is 13.7. The quantitative estimate of drug-likeness (QED) is 0.728. The summed E-state index contributed by atoms with van der Waals surface area (Å²) in [5.74, 6) is 1.73. The van der Waals surface area contributed by atoms with Crippen LogP contribution in [0.4, 0.5) is 5.82 Å². The fourth-order valence-corrected chi connectivity index (χ4v) is 4.30. The summed E-state index contributed by atoms with van der Waals surface area (Å²) in [7, 11) is 0. The van der Waals surface area contributed by atoms with E-state index in [0.717, 1.165) is 24.4 Å². The minimum Gasteiger partial charge on any atom is -0.353 e. The Hall–Kier alpha value is -1.95. The minimum absolute atomic E-state index is 0.447. The third kappa shape index (κ3) is 2.18. The van der Waals surface area contributed by atoms with Crippen LogP contribution in [0.5, 0.6) is 0 Å². The van der Waals surface area contributed by atoms with Gasteiger partial charge in [0.2, 0.25) is 0 Å². The average molecular weight is 313 g/mol. The molecule has 1 fully saturated rings. The van der Waals surface area contributed by atoms with Gasteiger partial charge in [0, 0.05) is 25.5 Å². The Morgan fingerprint density at radius 2 is 2.23 bits per heavy atom. The standard InChI is InChI=1S/C16H19N5S/c1-11-3-5-20(7-13(11)21-6-4-17-10-21)16-15-14(18-9-19-16)12(2)8-22-15/h4,6,8-11,13H,3,5,7H2,1-2H3. The molecule has 5 nitrogen and oxygen atoms in total. The maximum atomic E-state index is 4.59. The lowest BCUT2D eigenvalue weighted by Crippen LogP contribution is -2.41. The van der Waals surface area contributed by atoms with E-state index >= 15 is 0 Å². The third-order valence-corrected chi connectivity index (χ3v) is 5.72. The number of imidazole rings is 1. The Balaban J connectivity index is 1.70. The van der Waals surface area contributed by atoms with Crippen LogP contribution in [0.3, 0.4) is 0 Å². The second-order valence-corrected chi connectivity index (χ2v) is 6.96. The largest absolute Gasteiger partial charge is 0.353 e. The van der Waals surface area contributed by atoms with E-state index in [1.165, 1.54) is 16.7 Å². The molecule has 2 atom stereocenters. The zero-order chi connectivity index (χ0) is 15.1. The molecule has 0 N–H and O–H groups in total. The smallest absolute Gasteiger partial charge is 0.150 e. The first-order valence-electron chi connectivity index (χ1n) is 7.65. The van der Waals surface area contributed by atoms with Crippen molar-refractivity contribution in [2.24, 2.45) is 5.92 Å². The summed E-state index contributed by atoms with van der Waals surface area (Å²) in [6.45, 7) is 6.46. The summed E-state index contributed by atoms with van der Waals surface area (Å²) in [4.78, 5) is 15.6. The van der Waals surface area contributed by atoms with Crippen molar-refractivity contribution in [1.82, 2.24) is 19.5 Å². The van der Waals surface area contributed by atoms with E-state index < -0.39 is 0 Å². The van der Waals surface area contributed by atoms with Gasteiger partial charge in [-0.2, -0.15) is 0 Å². The fraction of sp³-hybridized carbons (Fsp3) is 0.438. The molecule has 0 amide bonds. The topological polar surface area (TPSA) is 46.8 Å². The Morgan fingerprint density at radius 1 is 1.32 bits per heavy atom. The molecule has 2 unspecified atom stereocenters. The van der Waals surface area contributed by atoms with E-state index in [4.69, 9.17) is 0 Å². The molecular formula is C16H19N5S. The lowest BCUT2D eigenvalue weighted by molar-refractivity contribution is 0.298. The highest BCUT2D eigenvalue weighted by Crippen LogP contribution is 2.35. The summed E-state index contributed by atoms with van der Waals surface area (Å²) in [5, 5.41) is 2.17. The predicted molar refractivity (Wildman–Crippen MR) is 89.4 cm³/mol. The van der Waals surface area contributed by atoms with Gasteiger partial charge in [0.05, 0.1) is 22.6 Å². The van der Waals surface area contributed by atoms with E-state index in [0.29, 0.717) is 12.0 Å². The second kappa shape index (κ2) is 5.35. The lowest BCUT2D eigenvalue weighted by Gasteiger charge is -2.38. The van der Waals surface area contributed by atoms with Gasteiger partial charge in [-0.3, -0.25) is 0 Å². The summed E-state index contributed by atoms with van der Waals surface area (Å²) in [6.07, 6.45) is 8.71. The first-order valence-corrected chi connectivity index (χ1v) is 8.53. The number of hydrogen-bond donors (Lipinski definition) is 0. The molecule has 0 spiro atoms. The third-order valence-electron chi connectivity index (χ3n) is 4.64. The molecule has 0 aromatic carbocycles. The Kier molecular flexibility index (Phi) is 3.33. The number of fused-ring (bicyclic) bond motifs is 1. The zero-order valence-electron chi connectivity index (χ0n) is 12.8. The van der Waals surface area contributed by atoms with Crippen molar-refractivity contribution in [3.05, 3.63) is 36.0 Å². The molecule has 1 aliphatic heterocycles. The maximum absolute atomic E-state index is 4.59. The van der Waals surface area contributed by atoms with Crippen LogP contribution in [0.15, 0.2) is 30.4 Å². The van der Waals surface area contributed by atoms with Crippen molar-refractivity contribution in [2.45, 2.75) is 26.3 Å². The molecule has 0 saturated carbocycles. The molecule has 3 aromatic heterocycles. The second-order valence-electron chi connectivity index (χ2n) is 6.08. The zero-order valence-corrected chi connectivity index (χ0v) is 13.6. The number of aromatic nitrogens is 4. The number of piperidine rings is 1. The summed E-state index contributed by atoms with van der Waals surface area (Å²) < 4.78 is 3.44. The van der Waals surface area contributed by atoms with Gasteiger partial charge in [0.25, 0.3) is 0 Å². The van der Waals surface area contributed by atoms with Crippen LogP contribution in [0, 0.1) is 12.8 Å². The van der Waals surface area contributed by atoms with Crippen molar-refractivity contribution in [3.8, 4) is 0 Å². The molecule has 0 radical (unpaired) electrons. The highest BCUT2D eigenvalue weighted by Gasteiger charge is 2.29. The van der Waals surface area contributed by atoms with Crippen LogP contribution in [-0.2, 0) is 0 Å². The monoisotopic (exact) mass is 313 g/mol. The molecule has 4 heterocycles. The van der Waals surface area contributed by atoms with Gasteiger partial charge < -0.3 is 9.47 Å². The van der Waals surface area contributed by atoms with Gasteiger partial charge in [-0.25, -0.2) is 15.0 Å². The number of aryl methyl sites for hydroxylation is 1. The molecule has 3 aromatic rings. The molecule has 0 aliphatic carbocycles. The molecule has 22 heavy (non-hydrogen) atoms. The Bertz CT molecular complexity index is 779. The highest BCUT2D eigenvalue weighted by molar-refractivity contribution is 7.18. The van der Waals surface area contributed by atoms with Crippen molar-refractivity contribution >= 4 is 27.4 Å². The van der Waals surface area contributed by atoms with E-state index in [2.05, 4.69) is 49.8 Å². The average Bonchev–Trinajstić information content (AvgIpc) is 3.18. The number of thiophene rings is 1. The van der Waals surface area contributed by atoms with Gasteiger partial charge >= 0.3 is 0 Å². The van der Waals surface area contributed by atoms with Gasteiger partial charge in [-0.1, -0.05) is 6.92 Å². The molecule has 1 saturated heterocycles. The predicted octanol–water partition coefficient (Wildman–Crippen LogP) is 3.28. The molecule has 0 bridgehead atoms. The minimum atomic E-state index is 0.447. The van der Waals surface area contributed by atoms with Crippen LogP contribution in [-0.4, -0.2) is 32.6 Å². The summed E-state index contributed by atoms with van der Waals surface area (Å²) in [6, 6.07) is 0.447. The number of nitrogens with zero attached hydrogens (tertiary/aromatic N) is 5. The number of hydrogen-bond acceptors (Lipinski definition) is 5. The Labute approximate surface area is 133 Å². The summed E-state index contributed by atoms with van der Waals surface area (Å²) in [5.41, 5.74) is 2.33.